The summed E-state index contributed by atoms with van der Waals surface area (Å²) < 4.78 is 0. The molecule has 0 atom stereocenters. The van der Waals surface area contributed by atoms with Gasteiger partial charge in [-0.1, -0.05) is 6.92 Å². The molecule has 0 radical (unpaired) electrons. The molecule has 1 N–H and O–H groups in total. The predicted octanol–water partition coefficient (Wildman–Crippen LogP) is 2.42. The van der Waals surface area contributed by atoms with Crippen molar-refractivity contribution in [1.82, 2.24) is 15.2 Å². The SMILES string of the molecule is CCCNc1ccc(-c2nccs2)nn1. The fourth-order valence-corrected chi connectivity index (χ4v) is 1.75. The van der Waals surface area contributed by atoms with E-state index in [9.17, 15) is 0 Å². The van der Waals surface area contributed by atoms with Crippen LogP contribution in [0.25, 0.3) is 10.7 Å². The van der Waals surface area contributed by atoms with Crippen LogP contribution >= 0.6 is 11.3 Å². The molecule has 2 aromatic heterocycles. The maximum Gasteiger partial charge on any atom is 0.148 e. The maximum absolute atomic E-state index is 4.17. The minimum absolute atomic E-state index is 0.817. The van der Waals surface area contributed by atoms with Crippen molar-refractivity contribution in [1.29, 1.82) is 0 Å². The lowest BCUT2D eigenvalue weighted by Gasteiger charge is -2.02. The van der Waals surface area contributed by atoms with Gasteiger partial charge in [0.1, 0.15) is 16.5 Å². The maximum atomic E-state index is 4.17. The Kier molecular flexibility index (Phi) is 3.24. The number of anilines is 1. The standard InChI is InChI=1S/C10H12N4S/c1-2-5-11-9-4-3-8(13-14-9)10-12-6-7-15-10/h3-4,6-7H,2,5H2,1H3,(H,11,14). The van der Waals surface area contributed by atoms with Crippen molar-refractivity contribution >= 4 is 17.2 Å². The molecular weight excluding hydrogens is 208 g/mol. The Morgan fingerprint density at radius 1 is 1.33 bits per heavy atom. The average Bonchev–Trinajstić information content (AvgIpc) is 2.80. The molecule has 0 saturated carbocycles. The van der Waals surface area contributed by atoms with Gasteiger partial charge in [-0.2, -0.15) is 0 Å². The number of thiazole rings is 1. The summed E-state index contributed by atoms with van der Waals surface area (Å²) in [4.78, 5) is 4.17. The number of hydrogen-bond acceptors (Lipinski definition) is 5. The minimum atomic E-state index is 0.817. The van der Waals surface area contributed by atoms with Gasteiger partial charge in [0.25, 0.3) is 0 Å². The van der Waals surface area contributed by atoms with Gasteiger partial charge in [-0.25, -0.2) is 4.98 Å². The molecule has 0 aliphatic carbocycles. The summed E-state index contributed by atoms with van der Waals surface area (Å²) in [6.07, 6.45) is 2.85. The largest absolute Gasteiger partial charge is 0.369 e. The number of rotatable bonds is 4. The number of nitrogens with one attached hydrogen (secondary N) is 1. The molecule has 2 rings (SSSR count). The average molecular weight is 220 g/mol. The van der Waals surface area contributed by atoms with E-state index >= 15 is 0 Å². The molecule has 0 amide bonds. The first-order valence-corrected chi connectivity index (χ1v) is 5.75. The monoisotopic (exact) mass is 220 g/mol. The molecular formula is C10H12N4S. The van der Waals surface area contributed by atoms with E-state index in [1.54, 1.807) is 17.5 Å². The van der Waals surface area contributed by atoms with E-state index in [0.717, 1.165) is 29.5 Å². The molecule has 78 valence electrons. The second kappa shape index (κ2) is 4.84. The summed E-state index contributed by atoms with van der Waals surface area (Å²) in [5.74, 6) is 0.817. The summed E-state index contributed by atoms with van der Waals surface area (Å²) >= 11 is 1.57. The predicted molar refractivity (Wildman–Crippen MR) is 61.9 cm³/mol. The second-order valence-corrected chi connectivity index (χ2v) is 3.96. The summed E-state index contributed by atoms with van der Waals surface area (Å²) in [5.41, 5.74) is 0.826. The molecule has 0 spiro atoms. The lowest BCUT2D eigenvalue weighted by Crippen LogP contribution is -2.02. The van der Waals surface area contributed by atoms with Crippen molar-refractivity contribution in [3.8, 4) is 10.7 Å². The molecule has 5 heteroatoms. The third kappa shape index (κ3) is 2.50. The van der Waals surface area contributed by atoms with Gasteiger partial charge in [0, 0.05) is 18.1 Å². The summed E-state index contributed by atoms with van der Waals surface area (Å²) in [7, 11) is 0. The number of hydrogen-bond donors (Lipinski definition) is 1. The fourth-order valence-electron chi connectivity index (χ4n) is 1.14. The van der Waals surface area contributed by atoms with Crippen molar-refractivity contribution in [2.45, 2.75) is 13.3 Å². The van der Waals surface area contributed by atoms with Gasteiger partial charge < -0.3 is 5.32 Å². The lowest BCUT2D eigenvalue weighted by atomic mass is 10.4. The van der Waals surface area contributed by atoms with E-state index < -0.39 is 0 Å². The lowest BCUT2D eigenvalue weighted by molar-refractivity contribution is 0.945. The Morgan fingerprint density at radius 2 is 2.27 bits per heavy atom. The molecule has 2 aromatic rings. The van der Waals surface area contributed by atoms with Crippen LogP contribution < -0.4 is 5.32 Å². The van der Waals surface area contributed by atoms with Gasteiger partial charge in [0.15, 0.2) is 0 Å². The molecule has 0 aliphatic heterocycles. The highest BCUT2D eigenvalue weighted by atomic mass is 32.1. The quantitative estimate of drug-likeness (QED) is 0.859. The van der Waals surface area contributed by atoms with E-state index in [1.165, 1.54) is 0 Å². The zero-order valence-electron chi connectivity index (χ0n) is 8.47. The molecule has 0 bridgehead atoms. The molecule has 0 saturated heterocycles. The zero-order valence-corrected chi connectivity index (χ0v) is 9.29. The van der Waals surface area contributed by atoms with E-state index in [0.29, 0.717) is 0 Å². The highest BCUT2D eigenvalue weighted by Gasteiger charge is 2.02. The van der Waals surface area contributed by atoms with Gasteiger partial charge in [-0.05, 0) is 18.6 Å². The number of aromatic nitrogens is 3. The molecule has 15 heavy (non-hydrogen) atoms. The van der Waals surface area contributed by atoms with Crippen molar-refractivity contribution < 1.29 is 0 Å². The summed E-state index contributed by atoms with van der Waals surface area (Å²) in [6, 6.07) is 3.86. The Bertz CT molecular complexity index is 396. The highest BCUT2D eigenvalue weighted by Crippen LogP contribution is 2.18. The Balaban J connectivity index is 2.11. The smallest absolute Gasteiger partial charge is 0.148 e. The topological polar surface area (TPSA) is 50.7 Å². The minimum Gasteiger partial charge on any atom is -0.369 e. The summed E-state index contributed by atoms with van der Waals surface area (Å²) in [5, 5.41) is 14.2. The van der Waals surface area contributed by atoms with Gasteiger partial charge in [-0.3, -0.25) is 0 Å². The van der Waals surface area contributed by atoms with Crippen LogP contribution in [0, 0.1) is 0 Å². The van der Waals surface area contributed by atoms with Crippen LogP contribution in [0.15, 0.2) is 23.7 Å². The molecule has 0 aromatic carbocycles. The Morgan fingerprint density at radius 3 is 2.87 bits per heavy atom. The van der Waals surface area contributed by atoms with Crippen LogP contribution in [0.5, 0.6) is 0 Å². The van der Waals surface area contributed by atoms with Crippen molar-refractivity contribution in [2.75, 3.05) is 11.9 Å². The normalized spacial score (nSPS) is 10.2. The molecule has 0 fully saturated rings. The van der Waals surface area contributed by atoms with Crippen molar-refractivity contribution in [3.05, 3.63) is 23.7 Å². The Labute approximate surface area is 92.4 Å². The molecule has 0 aliphatic rings. The molecule has 0 unspecified atom stereocenters. The van der Waals surface area contributed by atoms with E-state index in [4.69, 9.17) is 0 Å². The summed E-state index contributed by atoms with van der Waals surface area (Å²) in [6.45, 7) is 3.04. The van der Waals surface area contributed by atoms with Crippen LogP contribution in [-0.2, 0) is 0 Å². The first kappa shape index (κ1) is 10.0. The van der Waals surface area contributed by atoms with Gasteiger partial charge in [0.2, 0.25) is 0 Å². The number of nitrogens with zero attached hydrogens (tertiary/aromatic N) is 3. The zero-order chi connectivity index (χ0) is 10.5. The highest BCUT2D eigenvalue weighted by molar-refractivity contribution is 7.13. The Hall–Kier alpha value is -1.49. The van der Waals surface area contributed by atoms with Crippen LogP contribution in [0.1, 0.15) is 13.3 Å². The van der Waals surface area contributed by atoms with Crippen LogP contribution in [0.3, 0.4) is 0 Å². The second-order valence-electron chi connectivity index (χ2n) is 3.07. The van der Waals surface area contributed by atoms with Crippen molar-refractivity contribution in [3.63, 3.8) is 0 Å². The van der Waals surface area contributed by atoms with Crippen molar-refractivity contribution in [2.24, 2.45) is 0 Å². The fraction of sp³-hybridized carbons (Fsp3) is 0.300. The van der Waals surface area contributed by atoms with E-state index in [1.807, 2.05) is 17.5 Å². The van der Waals surface area contributed by atoms with Crippen LogP contribution in [0.2, 0.25) is 0 Å². The van der Waals surface area contributed by atoms with Gasteiger partial charge in [0.05, 0.1) is 0 Å². The third-order valence-corrected chi connectivity index (χ3v) is 2.67. The first-order chi connectivity index (χ1) is 7.40. The van der Waals surface area contributed by atoms with Gasteiger partial charge >= 0.3 is 0 Å². The van der Waals surface area contributed by atoms with E-state index in [-0.39, 0.29) is 0 Å². The van der Waals surface area contributed by atoms with Crippen LogP contribution in [-0.4, -0.2) is 21.7 Å². The van der Waals surface area contributed by atoms with Gasteiger partial charge in [-0.15, -0.1) is 21.5 Å². The first-order valence-electron chi connectivity index (χ1n) is 4.87. The molecule has 4 nitrogen and oxygen atoms in total. The molecule has 2 heterocycles. The van der Waals surface area contributed by atoms with E-state index in [2.05, 4.69) is 27.4 Å². The third-order valence-electron chi connectivity index (χ3n) is 1.87. The van der Waals surface area contributed by atoms with Crippen LogP contribution in [0.4, 0.5) is 5.82 Å².